The Morgan fingerprint density at radius 2 is 2.08 bits per heavy atom. The van der Waals surface area contributed by atoms with Crippen molar-refractivity contribution in [1.82, 2.24) is 4.98 Å². The maximum atomic E-state index is 5.57. The highest BCUT2D eigenvalue weighted by molar-refractivity contribution is 5.51. The maximum Gasteiger partial charge on any atom is 0.125 e. The van der Waals surface area contributed by atoms with Crippen LogP contribution in [0.15, 0.2) is 18.3 Å². The fourth-order valence-corrected chi connectivity index (χ4v) is 1.22. The molecule has 0 aromatic carbocycles. The van der Waals surface area contributed by atoms with Crippen molar-refractivity contribution in [2.75, 3.05) is 23.7 Å². The maximum absolute atomic E-state index is 5.57. The van der Waals surface area contributed by atoms with Gasteiger partial charge in [0, 0.05) is 31.0 Å². The first kappa shape index (κ1) is 8.84. The van der Waals surface area contributed by atoms with Gasteiger partial charge in [0.05, 0.1) is 0 Å². The van der Waals surface area contributed by atoms with E-state index in [9.17, 15) is 0 Å². The Bertz CT molecular complexity index is 243. The Morgan fingerprint density at radius 1 is 1.42 bits per heavy atom. The summed E-state index contributed by atoms with van der Waals surface area (Å²) in [6.45, 7) is 6.25. The lowest BCUT2D eigenvalue weighted by molar-refractivity contribution is 0.865. The highest BCUT2D eigenvalue weighted by Gasteiger charge is 2.00. The Hall–Kier alpha value is -1.25. The highest BCUT2D eigenvalue weighted by atomic mass is 15.1. The zero-order chi connectivity index (χ0) is 8.97. The Morgan fingerprint density at radius 3 is 2.58 bits per heavy atom. The molecule has 0 spiro atoms. The molecular formula is C9H15N3. The lowest BCUT2D eigenvalue weighted by Gasteiger charge is -2.20. The van der Waals surface area contributed by atoms with E-state index in [1.165, 1.54) is 0 Å². The van der Waals surface area contributed by atoms with Gasteiger partial charge in [0.15, 0.2) is 0 Å². The summed E-state index contributed by atoms with van der Waals surface area (Å²) < 4.78 is 0. The molecule has 1 heterocycles. The predicted molar refractivity (Wildman–Crippen MR) is 52.2 cm³/mol. The minimum atomic E-state index is 0.583. The number of nitrogen functional groups attached to an aromatic ring is 1. The zero-order valence-electron chi connectivity index (χ0n) is 7.62. The molecule has 1 rings (SSSR count). The second-order valence-corrected chi connectivity index (χ2v) is 2.61. The molecule has 1 aromatic heterocycles. The zero-order valence-corrected chi connectivity index (χ0v) is 7.62. The summed E-state index contributed by atoms with van der Waals surface area (Å²) >= 11 is 0. The molecule has 2 N–H and O–H groups in total. The van der Waals surface area contributed by atoms with Crippen molar-refractivity contribution >= 4 is 11.5 Å². The van der Waals surface area contributed by atoms with E-state index in [0.29, 0.717) is 5.82 Å². The molecule has 0 atom stereocenters. The highest BCUT2D eigenvalue weighted by Crippen LogP contribution is 2.14. The molecule has 0 saturated heterocycles. The smallest absolute Gasteiger partial charge is 0.125 e. The molecule has 0 aliphatic carbocycles. The Kier molecular flexibility index (Phi) is 2.91. The van der Waals surface area contributed by atoms with E-state index in [0.717, 1.165) is 18.8 Å². The largest absolute Gasteiger partial charge is 0.384 e. The van der Waals surface area contributed by atoms with Crippen LogP contribution >= 0.6 is 0 Å². The fraction of sp³-hybridized carbons (Fsp3) is 0.444. The third kappa shape index (κ3) is 1.87. The van der Waals surface area contributed by atoms with Gasteiger partial charge < -0.3 is 10.6 Å². The summed E-state index contributed by atoms with van der Waals surface area (Å²) in [5.74, 6) is 0.583. The number of aromatic nitrogens is 1. The van der Waals surface area contributed by atoms with Gasteiger partial charge in [-0.1, -0.05) is 0 Å². The molecule has 12 heavy (non-hydrogen) atoms. The van der Waals surface area contributed by atoms with E-state index in [4.69, 9.17) is 5.73 Å². The monoisotopic (exact) mass is 165 g/mol. The van der Waals surface area contributed by atoms with E-state index in [1.807, 2.05) is 12.1 Å². The molecule has 0 radical (unpaired) electrons. The number of rotatable bonds is 3. The van der Waals surface area contributed by atoms with Gasteiger partial charge in [-0.05, 0) is 19.9 Å². The number of hydrogen-bond acceptors (Lipinski definition) is 3. The van der Waals surface area contributed by atoms with Crippen molar-refractivity contribution in [3.8, 4) is 0 Å². The molecule has 0 bridgehead atoms. The van der Waals surface area contributed by atoms with Crippen LogP contribution in [0.3, 0.4) is 0 Å². The van der Waals surface area contributed by atoms with Gasteiger partial charge in [-0.25, -0.2) is 4.98 Å². The van der Waals surface area contributed by atoms with Crippen LogP contribution in [0.2, 0.25) is 0 Å². The Balaban J connectivity index is 2.85. The quantitative estimate of drug-likeness (QED) is 0.738. The topological polar surface area (TPSA) is 42.2 Å². The van der Waals surface area contributed by atoms with Crippen molar-refractivity contribution in [2.24, 2.45) is 0 Å². The normalized spacial score (nSPS) is 9.83. The molecule has 0 aliphatic rings. The van der Waals surface area contributed by atoms with Crippen LogP contribution in [0, 0.1) is 0 Å². The lowest BCUT2D eigenvalue weighted by atomic mass is 10.3. The second-order valence-electron chi connectivity index (χ2n) is 2.61. The average molecular weight is 165 g/mol. The van der Waals surface area contributed by atoms with Crippen molar-refractivity contribution in [3.63, 3.8) is 0 Å². The second kappa shape index (κ2) is 3.95. The predicted octanol–water partition coefficient (Wildman–Crippen LogP) is 1.51. The molecule has 0 amide bonds. The third-order valence-corrected chi connectivity index (χ3v) is 1.89. The summed E-state index contributed by atoms with van der Waals surface area (Å²) in [6.07, 6.45) is 1.74. The number of nitrogens with two attached hydrogens (primary N) is 1. The van der Waals surface area contributed by atoms with E-state index in [-0.39, 0.29) is 0 Å². The number of pyridine rings is 1. The van der Waals surface area contributed by atoms with Crippen LogP contribution in [-0.2, 0) is 0 Å². The summed E-state index contributed by atoms with van der Waals surface area (Å²) in [5, 5.41) is 0. The fourth-order valence-electron chi connectivity index (χ4n) is 1.22. The van der Waals surface area contributed by atoms with Crippen LogP contribution < -0.4 is 10.6 Å². The van der Waals surface area contributed by atoms with E-state index in [1.54, 1.807) is 6.20 Å². The standard InChI is InChI=1S/C9H15N3/c1-3-12(4-2)8-5-6-11-9(10)7-8/h5-7H,3-4H2,1-2H3,(H2,10,11). The first-order chi connectivity index (χ1) is 5.77. The molecule has 1 aromatic rings. The minimum absolute atomic E-state index is 0.583. The molecular weight excluding hydrogens is 150 g/mol. The third-order valence-electron chi connectivity index (χ3n) is 1.89. The van der Waals surface area contributed by atoms with Crippen molar-refractivity contribution in [2.45, 2.75) is 13.8 Å². The van der Waals surface area contributed by atoms with Crippen molar-refractivity contribution in [1.29, 1.82) is 0 Å². The van der Waals surface area contributed by atoms with Crippen LogP contribution in [-0.4, -0.2) is 18.1 Å². The summed E-state index contributed by atoms with van der Waals surface area (Å²) in [6, 6.07) is 3.87. The van der Waals surface area contributed by atoms with E-state index >= 15 is 0 Å². The van der Waals surface area contributed by atoms with Crippen molar-refractivity contribution < 1.29 is 0 Å². The summed E-state index contributed by atoms with van der Waals surface area (Å²) in [7, 11) is 0. The first-order valence-corrected chi connectivity index (χ1v) is 4.24. The van der Waals surface area contributed by atoms with Crippen LogP contribution in [0.25, 0.3) is 0 Å². The van der Waals surface area contributed by atoms with Gasteiger partial charge in [-0.2, -0.15) is 0 Å². The number of anilines is 2. The van der Waals surface area contributed by atoms with Gasteiger partial charge in [-0.15, -0.1) is 0 Å². The number of hydrogen-bond donors (Lipinski definition) is 1. The van der Waals surface area contributed by atoms with Gasteiger partial charge in [-0.3, -0.25) is 0 Å². The summed E-state index contributed by atoms with van der Waals surface area (Å²) in [4.78, 5) is 6.18. The molecule has 0 aliphatic heterocycles. The molecule has 3 heteroatoms. The minimum Gasteiger partial charge on any atom is -0.384 e. The van der Waals surface area contributed by atoms with Gasteiger partial charge in [0.25, 0.3) is 0 Å². The van der Waals surface area contributed by atoms with Gasteiger partial charge >= 0.3 is 0 Å². The SMILES string of the molecule is CCN(CC)c1ccnc(N)c1. The average Bonchev–Trinajstić information content (AvgIpc) is 2.07. The molecule has 0 unspecified atom stereocenters. The van der Waals surface area contributed by atoms with Crippen LogP contribution in [0.5, 0.6) is 0 Å². The van der Waals surface area contributed by atoms with Gasteiger partial charge in [0.2, 0.25) is 0 Å². The molecule has 0 fully saturated rings. The molecule has 66 valence electrons. The Labute approximate surface area is 73.2 Å². The molecule has 3 nitrogen and oxygen atoms in total. The van der Waals surface area contributed by atoms with E-state index < -0.39 is 0 Å². The van der Waals surface area contributed by atoms with Crippen molar-refractivity contribution in [3.05, 3.63) is 18.3 Å². The first-order valence-electron chi connectivity index (χ1n) is 4.24. The van der Waals surface area contributed by atoms with Crippen LogP contribution in [0.4, 0.5) is 11.5 Å². The van der Waals surface area contributed by atoms with E-state index in [2.05, 4.69) is 23.7 Å². The van der Waals surface area contributed by atoms with Gasteiger partial charge in [0.1, 0.15) is 5.82 Å². The van der Waals surface area contributed by atoms with Crippen LogP contribution in [0.1, 0.15) is 13.8 Å². The lowest BCUT2D eigenvalue weighted by Crippen LogP contribution is -2.21. The summed E-state index contributed by atoms with van der Waals surface area (Å²) in [5.41, 5.74) is 6.71. The molecule has 0 saturated carbocycles. The number of nitrogens with zero attached hydrogens (tertiary/aromatic N) is 2.